The van der Waals surface area contributed by atoms with Gasteiger partial charge in [-0.2, -0.15) is 0 Å². The number of hydrogen-bond acceptors (Lipinski definition) is 3. The van der Waals surface area contributed by atoms with Crippen molar-refractivity contribution in [3.63, 3.8) is 0 Å². The highest BCUT2D eigenvalue weighted by Gasteiger charge is 2.22. The molecule has 0 spiro atoms. The van der Waals surface area contributed by atoms with E-state index in [1.807, 2.05) is 13.8 Å². The summed E-state index contributed by atoms with van der Waals surface area (Å²) in [6, 6.07) is 6.54. The Bertz CT molecular complexity index is 418. The van der Waals surface area contributed by atoms with Gasteiger partial charge in [0.1, 0.15) is 11.7 Å². The molecule has 0 atom stereocenters. The predicted molar refractivity (Wildman–Crippen MR) is 78.2 cm³/mol. The van der Waals surface area contributed by atoms with Gasteiger partial charge in [0.15, 0.2) is 0 Å². The molecule has 0 aliphatic heterocycles. The topological polar surface area (TPSA) is 58.6 Å². The molecule has 0 saturated carbocycles. The smallest absolute Gasteiger partial charge is 0.144 e. The number of unbranched alkanes of at least 4 members (excludes halogenated alkanes) is 1. The standard InChI is InChI=1S/C14H21FN2OS/c1-14(2,13(16)17-18)9-3-4-10-19-12-7-5-11(15)6-8-12/h5-8,18H,3-4,9-10H2,1-2H3,(H2,16,17). The maximum atomic E-state index is 12.7. The predicted octanol–water partition coefficient (Wildman–Crippen LogP) is 3.86. The van der Waals surface area contributed by atoms with Gasteiger partial charge in [-0.1, -0.05) is 25.4 Å². The molecule has 19 heavy (non-hydrogen) atoms. The van der Waals surface area contributed by atoms with Crippen molar-refractivity contribution in [3.8, 4) is 0 Å². The third kappa shape index (κ3) is 5.51. The number of amidine groups is 1. The summed E-state index contributed by atoms with van der Waals surface area (Å²) in [5, 5.41) is 11.7. The zero-order valence-electron chi connectivity index (χ0n) is 11.4. The quantitative estimate of drug-likeness (QED) is 0.200. The van der Waals surface area contributed by atoms with E-state index >= 15 is 0 Å². The first kappa shape index (κ1) is 15.8. The van der Waals surface area contributed by atoms with Crippen molar-refractivity contribution in [2.45, 2.75) is 38.0 Å². The van der Waals surface area contributed by atoms with Crippen molar-refractivity contribution in [2.75, 3.05) is 5.75 Å². The third-order valence-electron chi connectivity index (χ3n) is 3.08. The van der Waals surface area contributed by atoms with Crippen LogP contribution >= 0.6 is 11.8 Å². The molecule has 0 aliphatic carbocycles. The minimum absolute atomic E-state index is 0.204. The van der Waals surface area contributed by atoms with Crippen LogP contribution in [-0.2, 0) is 0 Å². The first-order valence-electron chi connectivity index (χ1n) is 6.32. The Kier molecular flexibility index (Phi) is 6.15. The molecule has 0 amide bonds. The largest absolute Gasteiger partial charge is 0.409 e. The molecule has 0 bridgehead atoms. The molecule has 1 aromatic carbocycles. The SMILES string of the molecule is CC(C)(CCCCSc1ccc(F)cc1)/C(N)=N/O. The summed E-state index contributed by atoms with van der Waals surface area (Å²) in [6.45, 7) is 3.93. The molecule has 3 N–H and O–H groups in total. The van der Waals surface area contributed by atoms with E-state index in [-0.39, 0.29) is 17.1 Å². The molecule has 0 saturated heterocycles. The number of benzene rings is 1. The maximum Gasteiger partial charge on any atom is 0.144 e. The average molecular weight is 284 g/mol. The van der Waals surface area contributed by atoms with E-state index in [4.69, 9.17) is 10.9 Å². The van der Waals surface area contributed by atoms with Crippen LogP contribution in [0, 0.1) is 11.2 Å². The van der Waals surface area contributed by atoms with Crippen LogP contribution in [0.15, 0.2) is 34.3 Å². The molecule has 106 valence electrons. The van der Waals surface area contributed by atoms with E-state index in [2.05, 4.69) is 5.16 Å². The van der Waals surface area contributed by atoms with Crippen LogP contribution in [0.4, 0.5) is 4.39 Å². The molecule has 0 unspecified atom stereocenters. The van der Waals surface area contributed by atoms with Gasteiger partial charge < -0.3 is 10.9 Å². The van der Waals surface area contributed by atoms with Gasteiger partial charge in [0.2, 0.25) is 0 Å². The number of rotatable bonds is 7. The van der Waals surface area contributed by atoms with E-state index in [0.29, 0.717) is 0 Å². The number of oxime groups is 1. The molecule has 0 aliphatic rings. The molecule has 0 heterocycles. The van der Waals surface area contributed by atoms with Crippen molar-refractivity contribution in [3.05, 3.63) is 30.1 Å². The van der Waals surface area contributed by atoms with Crippen molar-refractivity contribution in [1.29, 1.82) is 0 Å². The maximum absolute atomic E-state index is 12.7. The van der Waals surface area contributed by atoms with E-state index < -0.39 is 0 Å². The second kappa shape index (κ2) is 7.38. The first-order chi connectivity index (χ1) is 8.95. The molecule has 0 aromatic heterocycles. The molecule has 0 fully saturated rings. The number of nitrogens with zero attached hydrogens (tertiary/aromatic N) is 1. The number of hydrogen-bond donors (Lipinski definition) is 2. The fraction of sp³-hybridized carbons (Fsp3) is 0.500. The lowest BCUT2D eigenvalue weighted by Crippen LogP contribution is -2.31. The molecular weight excluding hydrogens is 263 g/mol. The third-order valence-corrected chi connectivity index (χ3v) is 4.18. The average Bonchev–Trinajstić information content (AvgIpc) is 2.39. The lowest BCUT2D eigenvalue weighted by Gasteiger charge is -2.22. The van der Waals surface area contributed by atoms with Gasteiger partial charge in [0.25, 0.3) is 0 Å². The van der Waals surface area contributed by atoms with Gasteiger partial charge in [-0.25, -0.2) is 4.39 Å². The summed E-state index contributed by atoms with van der Waals surface area (Å²) >= 11 is 1.72. The summed E-state index contributed by atoms with van der Waals surface area (Å²) in [7, 11) is 0. The van der Waals surface area contributed by atoms with E-state index in [1.54, 1.807) is 23.9 Å². The highest BCUT2D eigenvalue weighted by molar-refractivity contribution is 7.99. The zero-order valence-corrected chi connectivity index (χ0v) is 12.2. The molecular formula is C14H21FN2OS. The first-order valence-corrected chi connectivity index (χ1v) is 7.30. The van der Waals surface area contributed by atoms with Crippen LogP contribution < -0.4 is 5.73 Å². The van der Waals surface area contributed by atoms with Crippen LogP contribution in [0.3, 0.4) is 0 Å². The lowest BCUT2D eigenvalue weighted by atomic mass is 9.86. The van der Waals surface area contributed by atoms with Crippen LogP contribution in [-0.4, -0.2) is 16.8 Å². The highest BCUT2D eigenvalue weighted by atomic mass is 32.2. The fourth-order valence-electron chi connectivity index (χ4n) is 1.65. The second-order valence-electron chi connectivity index (χ2n) is 5.13. The van der Waals surface area contributed by atoms with Gasteiger partial charge in [0.05, 0.1) is 0 Å². The van der Waals surface area contributed by atoms with Crippen LogP contribution in [0.1, 0.15) is 33.1 Å². The van der Waals surface area contributed by atoms with Crippen LogP contribution in [0.2, 0.25) is 0 Å². The van der Waals surface area contributed by atoms with Crippen LogP contribution in [0.25, 0.3) is 0 Å². The van der Waals surface area contributed by atoms with Crippen molar-refractivity contribution >= 4 is 17.6 Å². The van der Waals surface area contributed by atoms with E-state index in [9.17, 15) is 4.39 Å². The highest BCUT2D eigenvalue weighted by Crippen LogP contribution is 2.25. The molecule has 5 heteroatoms. The normalized spacial score (nSPS) is 12.7. The van der Waals surface area contributed by atoms with E-state index in [0.717, 1.165) is 29.9 Å². The minimum Gasteiger partial charge on any atom is -0.409 e. The monoisotopic (exact) mass is 284 g/mol. The molecule has 0 radical (unpaired) electrons. The Morgan fingerprint density at radius 3 is 2.53 bits per heavy atom. The summed E-state index contributed by atoms with van der Waals surface area (Å²) in [4.78, 5) is 1.08. The summed E-state index contributed by atoms with van der Waals surface area (Å²) in [5.74, 6) is 1.06. The molecule has 3 nitrogen and oxygen atoms in total. The van der Waals surface area contributed by atoms with Gasteiger partial charge >= 0.3 is 0 Å². The molecule has 1 rings (SSSR count). The van der Waals surface area contributed by atoms with Gasteiger partial charge in [0, 0.05) is 10.3 Å². The fourth-order valence-corrected chi connectivity index (χ4v) is 2.57. The van der Waals surface area contributed by atoms with Crippen molar-refractivity contribution in [1.82, 2.24) is 0 Å². The Hall–Kier alpha value is -1.23. The second-order valence-corrected chi connectivity index (χ2v) is 6.30. The Morgan fingerprint density at radius 2 is 1.95 bits per heavy atom. The van der Waals surface area contributed by atoms with Crippen molar-refractivity contribution < 1.29 is 9.60 Å². The Labute approximate surface area is 118 Å². The van der Waals surface area contributed by atoms with Crippen LogP contribution in [0.5, 0.6) is 0 Å². The van der Waals surface area contributed by atoms with Gasteiger partial charge in [-0.05, 0) is 42.9 Å². The number of nitrogens with two attached hydrogens (primary N) is 1. The summed E-state index contributed by atoms with van der Waals surface area (Å²) < 4.78 is 12.7. The van der Waals surface area contributed by atoms with Crippen molar-refractivity contribution in [2.24, 2.45) is 16.3 Å². The zero-order chi connectivity index (χ0) is 14.3. The molecule has 1 aromatic rings. The lowest BCUT2D eigenvalue weighted by molar-refractivity contribution is 0.304. The Balaban J connectivity index is 2.23. The number of thioether (sulfide) groups is 1. The summed E-state index contributed by atoms with van der Waals surface area (Å²) in [5.41, 5.74) is 5.36. The van der Waals surface area contributed by atoms with E-state index in [1.165, 1.54) is 12.1 Å². The summed E-state index contributed by atoms with van der Waals surface area (Å²) in [6.07, 6.45) is 2.94. The Morgan fingerprint density at radius 1 is 1.32 bits per heavy atom. The van der Waals surface area contributed by atoms with Gasteiger partial charge in [-0.15, -0.1) is 11.8 Å². The minimum atomic E-state index is -0.269. The van der Waals surface area contributed by atoms with Gasteiger partial charge in [-0.3, -0.25) is 0 Å². The number of halogens is 1.